The van der Waals surface area contributed by atoms with Gasteiger partial charge in [-0.05, 0) is 43.9 Å². The number of pyridine rings is 1. The predicted octanol–water partition coefficient (Wildman–Crippen LogP) is 3.90. The molecule has 1 N–H and O–H groups in total. The maximum atomic E-state index is 13.2. The van der Waals surface area contributed by atoms with Gasteiger partial charge in [-0.3, -0.25) is 4.79 Å². The molecule has 1 heterocycles. The van der Waals surface area contributed by atoms with Crippen molar-refractivity contribution in [3.05, 3.63) is 90.1 Å². The van der Waals surface area contributed by atoms with Crippen LogP contribution in [0, 0.1) is 0 Å². The third-order valence-electron chi connectivity index (χ3n) is 4.37. The van der Waals surface area contributed by atoms with Gasteiger partial charge >= 0.3 is 0 Å². The van der Waals surface area contributed by atoms with Crippen LogP contribution in [0.5, 0.6) is 0 Å². The molecule has 0 aliphatic rings. The Bertz CT molecular complexity index is 864. The molecule has 5 nitrogen and oxygen atoms in total. The van der Waals surface area contributed by atoms with Crippen LogP contribution < -0.4 is 10.2 Å². The Morgan fingerprint density at radius 2 is 1.61 bits per heavy atom. The third kappa shape index (κ3) is 5.41. The Kier molecular flexibility index (Phi) is 6.76. The molecule has 28 heavy (non-hydrogen) atoms. The highest BCUT2D eigenvalue weighted by atomic mass is 16.2. The van der Waals surface area contributed by atoms with Gasteiger partial charge < -0.3 is 15.1 Å². The molecule has 0 unspecified atom stereocenters. The van der Waals surface area contributed by atoms with Gasteiger partial charge in [0.15, 0.2) is 0 Å². The van der Waals surface area contributed by atoms with E-state index in [0.717, 1.165) is 30.2 Å². The molecule has 0 radical (unpaired) electrons. The summed E-state index contributed by atoms with van der Waals surface area (Å²) < 4.78 is 0. The lowest BCUT2D eigenvalue weighted by molar-refractivity contribution is 0.0985. The Morgan fingerprint density at radius 1 is 0.929 bits per heavy atom. The molecule has 1 aromatic heterocycles. The fourth-order valence-corrected chi connectivity index (χ4v) is 2.84. The number of aromatic nitrogens is 1. The van der Waals surface area contributed by atoms with Gasteiger partial charge in [0.25, 0.3) is 5.91 Å². The summed E-state index contributed by atoms with van der Waals surface area (Å²) in [6.07, 6.45) is 1.64. The Labute approximate surface area is 166 Å². The van der Waals surface area contributed by atoms with Gasteiger partial charge in [-0.1, -0.05) is 48.5 Å². The predicted molar refractivity (Wildman–Crippen MR) is 115 cm³/mol. The lowest BCUT2D eigenvalue weighted by atomic mass is 10.1. The molecule has 0 spiro atoms. The number of anilines is 2. The van der Waals surface area contributed by atoms with Crippen LogP contribution in [-0.4, -0.2) is 43.0 Å². The zero-order valence-corrected chi connectivity index (χ0v) is 16.4. The minimum Gasteiger partial charge on any atom is -0.369 e. The number of nitrogens with one attached hydrogen (secondary N) is 1. The summed E-state index contributed by atoms with van der Waals surface area (Å²) >= 11 is 0. The number of likely N-dealkylation sites (N-methyl/N-ethyl adjacent to an activating group) is 1. The Morgan fingerprint density at radius 3 is 2.21 bits per heavy atom. The fourth-order valence-electron chi connectivity index (χ4n) is 2.84. The third-order valence-corrected chi connectivity index (χ3v) is 4.37. The molecule has 0 fully saturated rings. The minimum atomic E-state index is -0.0672. The number of rotatable bonds is 8. The zero-order valence-electron chi connectivity index (χ0n) is 16.4. The average Bonchev–Trinajstić information content (AvgIpc) is 2.73. The van der Waals surface area contributed by atoms with Crippen LogP contribution in [0.15, 0.2) is 79.0 Å². The normalized spacial score (nSPS) is 10.7. The van der Waals surface area contributed by atoms with Crippen LogP contribution in [0.2, 0.25) is 0 Å². The molecule has 3 aromatic rings. The number of amides is 1. The highest BCUT2D eigenvalue weighted by Crippen LogP contribution is 2.20. The first kappa shape index (κ1) is 19.6. The second-order valence-corrected chi connectivity index (χ2v) is 6.87. The van der Waals surface area contributed by atoms with Gasteiger partial charge in [0.05, 0.1) is 12.1 Å². The summed E-state index contributed by atoms with van der Waals surface area (Å²) in [6, 6.07) is 23.4. The van der Waals surface area contributed by atoms with E-state index in [1.807, 2.05) is 86.9 Å². The molecule has 144 valence electrons. The number of para-hydroxylation sites is 1. The summed E-state index contributed by atoms with van der Waals surface area (Å²) in [7, 11) is 4.06. The van der Waals surface area contributed by atoms with E-state index in [1.165, 1.54) is 0 Å². The largest absolute Gasteiger partial charge is 0.369 e. The standard InChI is InChI=1S/C23H26N4O/c1-26(2)16-15-24-22-14-13-20(17-25-22)23(28)27(21-11-7-4-8-12-21)18-19-9-5-3-6-10-19/h3-14,17H,15-16,18H2,1-2H3,(H,24,25). The van der Waals surface area contributed by atoms with Crippen LogP contribution in [-0.2, 0) is 6.54 Å². The second-order valence-electron chi connectivity index (χ2n) is 6.87. The number of hydrogen-bond donors (Lipinski definition) is 1. The van der Waals surface area contributed by atoms with E-state index in [-0.39, 0.29) is 5.91 Å². The van der Waals surface area contributed by atoms with Gasteiger partial charge in [-0.2, -0.15) is 0 Å². The molecule has 0 saturated carbocycles. The lowest BCUT2D eigenvalue weighted by Crippen LogP contribution is -2.30. The Hall–Kier alpha value is -3.18. The number of hydrogen-bond acceptors (Lipinski definition) is 4. The van der Waals surface area contributed by atoms with E-state index in [2.05, 4.69) is 15.2 Å². The smallest absolute Gasteiger partial charge is 0.260 e. The van der Waals surface area contributed by atoms with Crippen molar-refractivity contribution in [1.82, 2.24) is 9.88 Å². The molecule has 0 saturated heterocycles. The van der Waals surface area contributed by atoms with Crippen molar-refractivity contribution in [2.24, 2.45) is 0 Å². The molecule has 3 rings (SSSR count). The van der Waals surface area contributed by atoms with E-state index in [9.17, 15) is 4.79 Å². The maximum Gasteiger partial charge on any atom is 0.260 e. The van der Waals surface area contributed by atoms with Gasteiger partial charge in [0, 0.05) is 25.0 Å². The summed E-state index contributed by atoms with van der Waals surface area (Å²) in [6.45, 7) is 2.23. The quantitative estimate of drug-likeness (QED) is 0.650. The molecule has 0 bridgehead atoms. The first-order valence-electron chi connectivity index (χ1n) is 9.39. The number of carbonyl (C=O) groups is 1. The van der Waals surface area contributed by atoms with Crippen molar-refractivity contribution in [2.75, 3.05) is 37.4 Å². The number of nitrogens with zero attached hydrogens (tertiary/aromatic N) is 3. The molecular formula is C23H26N4O. The van der Waals surface area contributed by atoms with Gasteiger partial charge in [-0.25, -0.2) is 4.98 Å². The number of carbonyl (C=O) groups excluding carboxylic acids is 1. The summed E-state index contributed by atoms with van der Waals surface area (Å²) in [4.78, 5) is 21.5. The summed E-state index contributed by atoms with van der Waals surface area (Å²) in [5.74, 6) is 0.704. The van der Waals surface area contributed by atoms with E-state index in [0.29, 0.717) is 12.1 Å². The van der Waals surface area contributed by atoms with E-state index < -0.39 is 0 Å². The minimum absolute atomic E-state index is 0.0672. The van der Waals surface area contributed by atoms with Gasteiger partial charge in [0.1, 0.15) is 5.82 Å². The first-order valence-corrected chi connectivity index (χ1v) is 9.39. The molecule has 0 atom stereocenters. The molecule has 5 heteroatoms. The first-order chi connectivity index (χ1) is 13.6. The van der Waals surface area contributed by atoms with Crippen LogP contribution >= 0.6 is 0 Å². The highest BCUT2D eigenvalue weighted by Gasteiger charge is 2.18. The summed E-state index contributed by atoms with van der Waals surface area (Å²) in [5, 5.41) is 3.27. The van der Waals surface area contributed by atoms with Crippen molar-refractivity contribution >= 4 is 17.4 Å². The molecule has 0 aliphatic carbocycles. The second kappa shape index (κ2) is 9.67. The highest BCUT2D eigenvalue weighted by molar-refractivity contribution is 6.05. The topological polar surface area (TPSA) is 48.5 Å². The monoisotopic (exact) mass is 374 g/mol. The van der Waals surface area contributed by atoms with Crippen molar-refractivity contribution < 1.29 is 4.79 Å². The zero-order chi connectivity index (χ0) is 19.8. The van der Waals surface area contributed by atoms with Crippen molar-refractivity contribution in [2.45, 2.75) is 6.54 Å². The molecule has 2 aromatic carbocycles. The van der Waals surface area contributed by atoms with Gasteiger partial charge in [0.2, 0.25) is 0 Å². The number of benzene rings is 2. The van der Waals surface area contributed by atoms with E-state index in [4.69, 9.17) is 0 Å². The van der Waals surface area contributed by atoms with Crippen molar-refractivity contribution in [1.29, 1.82) is 0 Å². The lowest BCUT2D eigenvalue weighted by Gasteiger charge is -2.23. The van der Waals surface area contributed by atoms with E-state index in [1.54, 1.807) is 11.1 Å². The summed E-state index contributed by atoms with van der Waals surface area (Å²) in [5.41, 5.74) is 2.51. The van der Waals surface area contributed by atoms with Crippen molar-refractivity contribution in [3.8, 4) is 0 Å². The molecule has 0 aliphatic heterocycles. The van der Waals surface area contributed by atoms with Crippen LogP contribution in [0.4, 0.5) is 11.5 Å². The fraction of sp³-hybridized carbons (Fsp3) is 0.217. The van der Waals surface area contributed by atoms with Crippen LogP contribution in [0.25, 0.3) is 0 Å². The molecule has 1 amide bonds. The Balaban J connectivity index is 1.77. The maximum absolute atomic E-state index is 13.2. The van der Waals surface area contributed by atoms with Gasteiger partial charge in [-0.15, -0.1) is 0 Å². The van der Waals surface area contributed by atoms with Crippen molar-refractivity contribution in [3.63, 3.8) is 0 Å². The molecular weight excluding hydrogens is 348 g/mol. The van der Waals surface area contributed by atoms with E-state index >= 15 is 0 Å². The van der Waals surface area contributed by atoms with Crippen LogP contribution in [0.1, 0.15) is 15.9 Å². The average molecular weight is 374 g/mol. The van der Waals surface area contributed by atoms with Crippen LogP contribution in [0.3, 0.4) is 0 Å². The SMILES string of the molecule is CN(C)CCNc1ccc(C(=O)N(Cc2ccccc2)c2ccccc2)cn1.